The summed E-state index contributed by atoms with van der Waals surface area (Å²) in [5.41, 5.74) is 1.43. The van der Waals surface area contributed by atoms with E-state index in [0.29, 0.717) is 12.1 Å². The molecule has 0 aromatic heterocycles. The minimum atomic E-state index is 0.489. The highest BCUT2D eigenvalue weighted by Gasteiger charge is 2.55. The van der Waals surface area contributed by atoms with Gasteiger partial charge in [-0.2, -0.15) is 0 Å². The monoisotopic (exact) mass is 271 g/mol. The van der Waals surface area contributed by atoms with Crippen LogP contribution in [0.4, 0.5) is 0 Å². The van der Waals surface area contributed by atoms with Gasteiger partial charge in [0.05, 0.1) is 6.10 Å². The van der Waals surface area contributed by atoms with Gasteiger partial charge < -0.3 is 10.1 Å². The zero-order valence-electron chi connectivity index (χ0n) is 12.3. The fourth-order valence-corrected chi connectivity index (χ4v) is 4.23. The van der Waals surface area contributed by atoms with E-state index in [2.05, 4.69) is 36.5 Å². The van der Waals surface area contributed by atoms with Gasteiger partial charge in [0.25, 0.3) is 0 Å². The predicted octanol–water partition coefficient (Wildman–Crippen LogP) is 3.92. The smallest absolute Gasteiger partial charge is 0.120 e. The van der Waals surface area contributed by atoms with Crippen molar-refractivity contribution in [1.82, 2.24) is 5.32 Å². The lowest BCUT2D eigenvalue weighted by Gasteiger charge is -2.21. The Kier molecular flexibility index (Phi) is 3.22. The van der Waals surface area contributed by atoms with Gasteiger partial charge in [0.15, 0.2) is 0 Å². The standard InChI is InChI=1S/C18H25NO/c1-2-19-18(17-15-7-4-8-16(15)17)12-5-3-6-14(11-12)20-13-9-10-13/h3,5-6,11,13,15-19H,2,4,7-10H2,1H3. The molecular weight excluding hydrogens is 246 g/mol. The van der Waals surface area contributed by atoms with Crippen molar-refractivity contribution in [3.05, 3.63) is 29.8 Å². The van der Waals surface area contributed by atoms with E-state index in [1.807, 2.05) is 0 Å². The summed E-state index contributed by atoms with van der Waals surface area (Å²) in [5, 5.41) is 3.73. The molecule has 0 spiro atoms. The number of hydrogen-bond acceptors (Lipinski definition) is 2. The average Bonchev–Trinajstić information content (AvgIpc) is 3.36. The van der Waals surface area contributed by atoms with Crippen LogP contribution in [0.15, 0.2) is 24.3 Å². The largest absolute Gasteiger partial charge is 0.490 e. The normalized spacial score (nSPS) is 32.8. The molecule has 0 amide bonds. The molecule has 3 atom stereocenters. The first kappa shape index (κ1) is 12.7. The minimum absolute atomic E-state index is 0.489. The van der Waals surface area contributed by atoms with Crippen LogP contribution < -0.4 is 10.1 Å². The highest BCUT2D eigenvalue weighted by molar-refractivity contribution is 5.33. The molecule has 0 bridgehead atoms. The van der Waals surface area contributed by atoms with Crippen molar-refractivity contribution in [1.29, 1.82) is 0 Å². The van der Waals surface area contributed by atoms with Crippen LogP contribution in [-0.4, -0.2) is 12.6 Å². The second kappa shape index (κ2) is 5.07. The Labute approximate surface area is 121 Å². The molecule has 0 heterocycles. The van der Waals surface area contributed by atoms with Gasteiger partial charge in [-0.15, -0.1) is 0 Å². The Hall–Kier alpha value is -1.02. The first-order valence-corrected chi connectivity index (χ1v) is 8.37. The number of hydrogen-bond donors (Lipinski definition) is 1. The summed E-state index contributed by atoms with van der Waals surface area (Å²) in [6, 6.07) is 9.37. The lowest BCUT2D eigenvalue weighted by molar-refractivity contribution is 0.302. The molecule has 3 fully saturated rings. The predicted molar refractivity (Wildman–Crippen MR) is 80.8 cm³/mol. The molecule has 0 aliphatic heterocycles. The maximum Gasteiger partial charge on any atom is 0.120 e. The van der Waals surface area contributed by atoms with Crippen molar-refractivity contribution in [2.45, 2.75) is 51.2 Å². The van der Waals surface area contributed by atoms with Crippen LogP contribution in [0.5, 0.6) is 5.75 Å². The van der Waals surface area contributed by atoms with Crippen molar-refractivity contribution >= 4 is 0 Å². The van der Waals surface area contributed by atoms with Crippen LogP contribution in [0.3, 0.4) is 0 Å². The molecule has 2 heteroatoms. The zero-order valence-corrected chi connectivity index (χ0v) is 12.3. The van der Waals surface area contributed by atoms with Gasteiger partial charge in [-0.05, 0) is 67.7 Å². The molecule has 3 aliphatic rings. The summed E-state index contributed by atoms with van der Waals surface area (Å²) in [7, 11) is 0. The zero-order chi connectivity index (χ0) is 13.5. The summed E-state index contributed by atoms with van der Waals surface area (Å²) in [5.74, 6) is 3.93. The summed E-state index contributed by atoms with van der Waals surface area (Å²) < 4.78 is 5.96. The molecule has 1 aromatic rings. The van der Waals surface area contributed by atoms with E-state index in [1.165, 1.54) is 37.7 Å². The van der Waals surface area contributed by atoms with Crippen LogP contribution in [0.25, 0.3) is 0 Å². The van der Waals surface area contributed by atoms with Gasteiger partial charge in [-0.25, -0.2) is 0 Å². The van der Waals surface area contributed by atoms with E-state index in [4.69, 9.17) is 4.74 Å². The van der Waals surface area contributed by atoms with Crippen molar-refractivity contribution < 1.29 is 4.74 Å². The van der Waals surface area contributed by atoms with E-state index in [0.717, 1.165) is 30.0 Å². The molecular formula is C18H25NO. The Morgan fingerprint density at radius 3 is 2.70 bits per heavy atom. The Bertz CT molecular complexity index is 472. The number of rotatable bonds is 6. The summed E-state index contributed by atoms with van der Waals surface area (Å²) in [4.78, 5) is 0. The van der Waals surface area contributed by atoms with Crippen molar-refractivity contribution in [3.63, 3.8) is 0 Å². The molecule has 3 saturated carbocycles. The van der Waals surface area contributed by atoms with Gasteiger partial charge in [0.1, 0.15) is 5.75 Å². The lowest BCUT2D eigenvalue weighted by atomic mass is 9.96. The van der Waals surface area contributed by atoms with Crippen LogP contribution in [0.2, 0.25) is 0 Å². The molecule has 1 aromatic carbocycles. The van der Waals surface area contributed by atoms with Gasteiger partial charge in [-0.3, -0.25) is 0 Å². The van der Waals surface area contributed by atoms with Crippen molar-refractivity contribution in [3.8, 4) is 5.75 Å². The fraction of sp³-hybridized carbons (Fsp3) is 0.667. The Morgan fingerprint density at radius 1 is 1.20 bits per heavy atom. The van der Waals surface area contributed by atoms with E-state index >= 15 is 0 Å². The highest BCUT2D eigenvalue weighted by atomic mass is 16.5. The second-order valence-corrected chi connectivity index (χ2v) is 6.76. The molecule has 20 heavy (non-hydrogen) atoms. The van der Waals surface area contributed by atoms with Crippen molar-refractivity contribution in [2.24, 2.45) is 17.8 Å². The first-order valence-electron chi connectivity index (χ1n) is 8.37. The van der Waals surface area contributed by atoms with E-state index in [-0.39, 0.29) is 0 Å². The van der Waals surface area contributed by atoms with E-state index in [1.54, 1.807) is 0 Å². The lowest BCUT2D eigenvalue weighted by Crippen LogP contribution is -2.24. The number of nitrogens with one attached hydrogen (secondary N) is 1. The third-order valence-corrected chi connectivity index (χ3v) is 5.33. The molecule has 0 radical (unpaired) electrons. The fourth-order valence-electron chi connectivity index (χ4n) is 4.23. The van der Waals surface area contributed by atoms with Crippen LogP contribution in [0.1, 0.15) is 50.6 Å². The van der Waals surface area contributed by atoms with E-state index in [9.17, 15) is 0 Å². The van der Waals surface area contributed by atoms with Crippen LogP contribution in [-0.2, 0) is 0 Å². The van der Waals surface area contributed by atoms with Crippen LogP contribution >= 0.6 is 0 Å². The second-order valence-electron chi connectivity index (χ2n) is 6.76. The molecule has 2 nitrogen and oxygen atoms in total. The molecule has 4 rings (SSSR count). The van der Waals surface area contributed by atoms with Crippen LogP contribution in [0, 0.1) is 17.8 Å². The molecule has 3 aliphatic carbocycles. The summed E-state index contributed by atoms with van der Waals surface area (Å²) >= 11 is 0. The third kappa shape index (κ3) is 2.35. The van der Waals surface area contributed by atoms with Gasteiger partial charge in [0, 0.05) is 6.04 Å². The molecule has 108 valence electrons. The van der Waals surface area contributed by atoms with E-state index < -0.39 is 0 Å². The SMILES string of the molecule is CCNC(c1cccc(OC2CC2)c1)C1C2CCCC21. The summed E-state index contributed by atoms with van der Waals surface area (Å²) in [6.45, 7) is 3.27. The third-order valence-electron chi connectivity index (χ3n) is 5.33. The Balaban J connectivity index is 1.52. The van der Waals surface area contributed by atoms with Crippen molar-refractivity contribution in [2.75, 3.05) is 6.54 Å². The quantitative estimate of drug-likeness (QED) is 0.846. The number of fused-ring (bicyclic) bond motifs is 1. The number of ether oxygens (including phenoxy) is 1. The topological polar surface area (TPSA) is 21.3 Å². The van der Waals surface area contributed by atoms with Gasteiger partial charge >= 0.3 is 0 Å². The van der Waals surface area contributed by atoms with Gasteiger partial charge in [0.2, 0.25) is 0 Å². The molecule has 1 N–H and O–H groups in total. The maximum atomic E-state index is 5.96. The minimum Gasteiger partial charge on any atom is -0.490 e. The Morgan fingerprint density at radius 2 is 2.00 bits per heavy atom. The van der Waals surface area contributed by atoms with Gasteiger partial charge in [-0.1, -0.05) is 25.5 Å². The highest BCUT2D eigenvalue weighted by Crippen LogP contribution is 2.62. The first-order chi connectivity index (χ1) is 9.86. The maximum absolute atomic E-state index is 5.96. The molecule has 3 unspecified atom stereocenters. The average molecular weight is 271 g/mol. The summed E-state index contributed by atoms with van der Waals surface area (Å²) in [6.07, 6.45) is 7.31. The molecule has 0 saturated heterocycles. The number of benzene rings is 1.